The maximum absolute atomic E-state index is 13.4. The molecule has 0 aliphatic rings. The second-order valence-electron chi connectivity index (χ2n) is 3.53. The molecule has 102 valence electrons. The fraction of sp³-hybridized carbons (Fsp3) is 0.200. The fourth-order valence-corrected chi connectivity index (χ4v) is 2.11. The molecule has 0 aliphatic heterocycles. The summed E-state index contributed by atoms with van der Waals surface area (Å²) >= 11 is 1.07. The lowest BCUT2D eigenvalue weighted by Crippen LogP contribution is -2.05. The van der Waals surface area contributed by atoms with E-state index in [4.69, 9.17) is 5.73 Å². The van der Waals surface area contributed by atoms with Gasteiger partial charge in [0.15, 0.2) is 16.7 Å². The van der Waals surface area contributed by atoms with Crippen LogP contribution in [-0.4, -0.2) is 21.4 Å². The summed E-state index contributed by atoms with van der Waals surface area (Å²) in [7, 11) is 1.71. The summed E-state index contributed by atoms with van der Waals surface area (Å²) in [5.41, 5.74) is 5.73. The van der Waals surface area contributed by atoms with Crippen molar-refractivity contribution in [2.75, 3.05) is 5.73 Å². The molecule has 0 radical (unpaired) electrons. The third-order valence-electron chi connectivity index (χ3n) is 2.15. The number of hydrogen-bond donors (Lipinski definition) is 1. The summed E-state index contributed by atoms with van der Waals surface area (Å²) in [5, 5.41) is 7.95. The zero-order chi connectivity index (χ0) is 14.0. The first-order chi connectivity index (χ1) is 8.97. The second kappa shape index (κ2) is 5.39. The Morgan fingerprint density at radius 3 is 2.74 bits per heavy atom. The predicted octanol–water partition coefficient (Wildman–Crippen LogP) is 2.29. The van der Waals surface area contributed by atoms with Crippen LogP contribution >= 0.6 is 11.8 Å². The van der Waals surface area contributed by atoms with E-state index in [1.165, 1.54) is 6.33 Å². The average molecular weight is 290 g/mol. The molecule has 5 nitrogen and oxygen atoms in total. The standard InChI is InChI=1S/C10H9F3N4OS/c1-17-4-15-16-10(17)19-8-3-7(18-9(12)13)5(11)2-6(8)14/h2-4,9H,14H2,1H3. The molecule has 9 heteroatoms. The van der Waals surface area contributed by atoms with E-state index < -0.39 is 18.2 Å². The van der Waals surface area contributed by atoms with Crippen LogP contribution in [0.15, 0.2) is 28.5 Å². The number of rotatable bonds is 4. The Morgan fingerprint density at radius 1 is 1.42 bits per heavy atom. The van der Waals surface area contributed by atoms with Gasteiger partial charge in [0.1, 0.15) is 6.33 Å². The molecule has 1 aromatic heterocycles. The van der Waals surface area contributed by atoms with Crippen LogP contribution in [0.5, 0.6) is 5.75 Å². The first-order valence-corrected chi connectivity index (χ1v) is 5.84. The molecule has 1 heterocycles. The predicted molar refractivity (Wildman–Crippen MR) is 62.6 cm³/mol. The minimum Gasteiger partial charge on any atom is -0.432 e. The molecule has 2 rings (SSSR count). The van der Waals surface area contributed by atoms with Crippen molar-refractivity contribution in [2.24, 2.45) is 7.05 Å². The van der Waals surface area contributed by atoms with Gasteiger partial charge in [0, 0.05) is 23.7 Å². The van der Waals surface area contributed by atoms with Crippen molar-refractivity contribution in [2.45, 2.75) is 16.7 Å². The van der Waals surface area contributed by atoms with Crippen LogP contribution in [0.1, 0.15) is 0 Å². The highest BCUT2D eigenvalue weighted by molar-refractivity contribution is 7.99. The van der Waals surface area contributed by atoms with Gasteiger partial charge < -0.3 is 15.0 Å². The van der Waals surface area contributed by atoms with Crippen molar-refractivity contribution in [3.8, 4) is 5.75 Å². The first kappa shape index (κ1) is 13.5. The minimum atomic E-state index is -3.11. The largest absolute Gasteiger partial charge is 0.432 e. The number of nitrogens with two attached hydrogens (primary N) is 1. The molecule has 0 unspecified atom stereocenters. The number of nitrogens with zero attached hydrogens (tertiary/aromatic N) is 3. The molecule has 0 aliphatic carbocycles. The molecule has 0 bridgehead atoms. The average Bonchev–Trinajstić information content (AvgIpc) is 2.70. The molecule has 0 spiro atoms. The summed E-state index contributed by atoms with van der Waals surface area (Å²) in [6, 6.07) is 2.03. The molecule has 0 fully saturated rings. The first-order valence-electron chi connectivity index (χ1n) is 5.03. The lowest BCUT2D eigenvalue weighted by molar-refractivity contribution is -0.0523. The lowest BCUT2D eigenvalue weighted by Gasteiger charge is -2.10. The SMILES string of the molecule is Cn1cnnc1Sc1cc(OC(F)F)c(F)cc1N. The Morgan fingerprint density at radius 2 is 2.16 bits per heavy atom. The number of nitrogen functional groups attached to an aromatic ring is 1. The highest BCUT2D eigenvalue weighted by atomic mass is 32.2. The molecule has 19 heavy (non-hydrogen) atoms. The second-order valence-corrected chi connectivity index (χ2v) is 4.53. The van der Waals surface area contributed by atoms with Gasteiger partial charge in [-0.2, -0.15) is 8.78 Å². The number of alkyl halides is 2. The molecule has 0 saturated heterocycles. The topological polar surface area (TPSA) is 66.0 Å². The van der Waals surface area contributed by atoms with Crippen LogP contribution in [0.2, 0.25) is 0 Å². The van der Waals surface area contributed by atoms with Gasteiger partial charge in [0.05, 0.1) is 0 Å². The zero-order valence-electron chi connectivity index (χ0n) is 9.68. The van der Waals surface area contributed by atoms with Crippen molar-refractivity contribution in [3.05, 3.63) is 24.3 Å². The Bertz CT molecular complexity index is 590. The number of anilines is 1. The number of ether oxygens (including phenoxy) is 1. The van der Waals surface area contributed by atoms with Crippen LogP contribution in [0.3, 0.4) is 0 Å². The summed E-state index contributed by atoms with van der Waals surface area (Å²) in [6.07, 6.45) is 1.47. The van der Waals surface area contributed by atoms with E-state index in [0.29, 0.717) is 10.1 Å². The van der Waals surface area contributed by atoms with Crippen LogP contribution in [0.25, 0.3) is 0 Å². The summed E-state index contributed by atoms with van der Waals surface area (Å²) in [5.74, 6) is -1.51. The molecule has 2 aromatic rings. The Hall–Kier alpha value is -1.90. The third-order valence-corrected chi connectivity index (χ3v) is 3.28. The van der Waals surface area contributed by atoms with Gasteiger partial charge in [0.2, 0.25) is 0 Å². The number of aromatic nitrogens is 3. The fourth-order valence-electron chi connectivity index (χ4n) is 1.29. The highest BCUT2D eigenvalue weighted by Crippen LogP contribution is 2.35. The molecule has 1 aromatic carbocycles. The quantitative estimate of drug-likeness (QED) is 0.875. The van der Waals surface area contributed by atoms with Crippen molar-refractivity contribution in [1.82, 2.24) is 14.8 Å². The van der Waals surface area contributed by atoms with Crippen molar-refractivity contribution >= 4 is 17.4 Å². The number of halogens is 3. The van der Waals surface area contributed by atoms with E-state index in [-0.39, 0.29) is 5.69 Å². The van der Waals surface area contributed by atoms with E-state index in [1.807, 2.05) is 0 Å². The van der Waals surface area contributed by atoms with E-state index in [1.54, 1.807) is 11.6 Å². The normalized spacial score (nSPS) is 11.0. The van der Waals surface area contributed by atoms with Gasteiger partial charge in [0.25, 0.3) is 0 Å². The molecule has 0 atom stereocenters. The maximum Gasteiger partial charge on any atom is 0.387 e. The molecule has 2 N–H and O–H groups in total. The Kier molecular flexibility index (Phi) is 3.84. The Labute approximate surface area is 110 Å². The van der Waals surface area contributed by atoms with Crippen molar-refractivity contribution in [3.63, 3.8) is 0 Å². The summed E-state index contributed by atoms with van der Waals surface area (Å²) < 4.78 is 43.3. The maximum atomic E-state index is 13.4. The van der Waals surface area contributed by atoms with Gasteiger partial charge in [-0.05, 0) is 17.8 Å². The molecular weight excluding hydrogens is 281 g/mol. The molecular formula is C10H9F3N4OS. The van der Waals surface area contributed by atoms with E-state index in [9.17, 15) is 13.2 Å². The van der Waals surface area contributed by atoms with Crippen molar-refractivity contribution in [1.29, 1.82) is 0 Å². The van der Waals surface area contributed by atoms with E-state index in [2.05, 4.69) is 14.9 Å². The van der Waals surface area contributed by atoms with Gasteiger partial charge in [-0.25, -0.2) is 4.39 Å². The monoisotopic (exact) mass is 290 g/mol. The number of hydrogen-bond acceptors (Lipinski definition) is 5. The van der Waals surface area contributed by atoms with E-state index >= 15 is 0 Å². The van der Waals surface area contributed by atoms with Gasteiger partial charge in [-0.1, -0.05) is 0 Å². The molecule has 0 amide bonds. The van der Waals surface area contributed by atoms with Gasteiger partial charge in [-0.15, -0.1) is 10.2 Å². The number of aryl methyl sites for hydroxylation is 1. The van der Waals surface area contributed by atoms with Gasteiger partial charge >= 0.3 is 6.61 Å². The van der Waals surface area contributed by atoms with E-state index in [0.717, 1.165) is 23.9 Å². The summed E-state index contributed by atoms with van der Waals surface area (Å²) in [6.45, 7) is -3.11. The van der Waals surface area contributed by atoms with Crippen LogP contribution < -0.4 is 10.5 Å². The van der Waals surface area contributed by atoms with Crippen LogP contribution in [-0.2, 0) is 7.05 Å². The highest BCUT2D eigenvalue weighted by Gasteiger charge is 2.15. The zero-order valence-corrected chi connectivity index (χ0v) is 10.5. The molecule has 0 saturated carbocycles. The Balaban J connectivity index is 2.32. The van der Waals surface area contributed by atoms with Crippen LogP contribution in [0, 0.1) is 5.82 Å². The minimum absolute atomic E-state index is 0.104. The smallest absolute Gasteiger partial charge is 0.387 e. The lowest BCUT2D eigenvalue weighted by atomic mass is 10.3. The third kappa shape index (κ3) is 3.11. The van der Waals surface area contributed by atoms with Crippen molar-refractivity contribution < 1.29 is 17.9 Å². The summed E-state index contributed by atoms with van der Waals surface area (Å²) in [4.78, 5) is 0.355. The van der Waals surface area contributed by atoms with Gasteiger partial charge in [-0.3, -0.25) is 0 Å². The van der Waals surface area contributed by atoms with Crippen LogP contribution in [0.4, 0.5) is 18.9 Å². The number of benzene rings is 1.